The van der Waals surface area contributed by atoms with Crippen LogP contribution in [-0.4, -0.2) is 43.0 Å². The monoisotopic (exact) mass is 396 g/mol. The summed E-state index contributed by atoms with van der Waals surface area (Å²) in [5.74, 6) is 1.39. The molecule has 2 aromatic carbocycles. The average molecular weight is 397 g/mol. The number of benzene rings is 2. The molecule has 0 radical (unpaired) electrons. The Morgan fingerprint density at radius 1 is 1.21 bits per heavy atom. The number of aromatic nitrogens is 1. The van der Waals surface area contributed by atoms with Gasteiger partial charge in [-0.2, -0.15) is 0 Å². The molecule has 6 heteroatoms. The number of ketones is 1. The number of para-hydroxylation sites is 1. The molecule has 0 bridgehead atoms. The van der Waals surface area contributed by atoms with E-state index in [2.05, 4.69) is 11.0 Å². The van der Waals surface area contributed by atoms with E-state index >= 15 is 0 Å². The Morgan fingerprint density at radius 2 is 2.07 bits per heavy atom. The molecule has 0 N–H and O–H groups in total. The zero-order valence-corrected chi connectivity index (χ0v) is 17.0. The van der Waals surface area contributed by atoms with E-state index < -0.39 is 0 Å². The summed E-state index contributed by atoms with van der Waals surface area (Å²) in [6.45, 7) is 2.55. The third-order valence-corrected chi connectivity index (χ3v) is 6.27. The van der Waals surface area contributed by atoms with Crippen molar-refractivity contribution in [3.63, 3.8) is 0 Å². The van der Waals surface area contributed by atoms with E-state index in [0.717, 1.165) is 43.0 Å². The summed E-state index contributed by atoms with van der Waals surface area (Å²) < 4.78 is 11.9. The number of hydrogen-bond acceptors (Lipinski definition) is 6. The summed E-state index contributed by atoms with van der Waals surface area (Å²) in [4.78, 5) is 20.2. The fourth-order valence-electron chi connectivity index (χ4n) is 3.81. The average Bonchev–Trinajstić information content (AvgIpc) is 3.15. The number of Topliss-reactive ketones (excluding diaryl/α,β-unsaturated/α-hetero) is 1. The Bertz CT molecular complexity index is 952. The van der Waals surface area contributed by atoms with Gasteiger partial charge in [0, 0.05) is 18.5 Å². The first-order valence-electron chi connectivity index (χ1n) is 9.51. The van der Waals surface area contributed by atoms with Crippen LogP contribution < -0.4 is 9.47 Å². The van der Waals surface area contributed by atoms with E-state index in [1.165, 1.54) is 4.70 Å². The van der Waals surface area contributed by atoms with E-state index in [1.807, 2.05) is 30.3 Å². The van der Waals surface area contributed by atoms with Gasteiger partial charge in [0.25, 0.3) is 0 Å². The molecule has 2 heterocycles. The van der Waals surface area contributed by atoms with Crippen LogP contribution in [0.2, 0.25) is 0 Å². The van der Waals surface area contributed by atoms with Crippen molar-refractivity contribution in [2.24, 2.45) is 5.92 Å². The van der Waals surface area contributed by atoms with Gasteiger partial charge in [-0.05, 0) is 43.7 Å². The Hall–Kier alpha value is -2.44. The van der Waals surface area contributed by atoms with Gasteiger partial charge in [0.05, 0.1) is 36.5 Å². The van der Waals surface area contributed by atoms with Crippen LogP contribution in [0.15, 0.2) is 42.5 Å². The molecule has 0 spiro atoms. The maximum atomic E-state index is 13.2. The van der Waals surface area contributed by atoms with E-state index in [9.17, 15) is 4.79 Å². The van der Waals surface area contributed by atoms with Gasteiger partial charge in [-0.3, -0.25) is 9.69 Å². The number of hydrogen-bond donors (Lipinski definition) is 0. The van der Waals surface area contributed by atoms with Crippen LogP contribution in [0.1, 0.15) is 28.2 Å². The molecule has 28 heavy (non-hydrogen) atoms. The first-order chi connectivity index (χ1) is 13.7. The van der Waals surface area contributed by atoms with Gasteiger partial charge in [-0.15, -0.1) is 11.3 Å². The van der Waals surface area contributed by atoms with Gasteiger partial charge in [-0.1, -0.05) is 12.1 Å². The standard InChI is InChI=1S/C22H24N2O3S/c1-26-16-9-10-17(19(12-16)27-2)22(25)15-6-5-11-24(13-15)14-21-23-18-7-3-4-8-20(18)28-21/h3-4,7-10,12,15H,5-6,11,13-14H2,1-2H3/t15-/m0/s1. The predicted octanol–water partition coefficient (Wildman–Crippen LogP) is 4.41. The molecule has 0 amide bonds. The van der Waals surface area contributed by atoms with Crippen molar-refractivity contribution in [1.29, 1.82) is 0 Å². The van der Waals surface area contributed by atoms with Crippen LogP contribution in [-0.2, 0) is 6.54 Å². The minimum Gasteiger partial charge on any atom is -0.497 e. The van der Waals surface area contributed by atoms with Crippen LogP contribution in [0.4, 0.5) is 0 Å². The third kappa shape index (κ3) is 3.88. The van der Waals surface area contributed by atoms with E-state index in [-0.39, 0.29) is 11.7 Å². The summed E-state index contributed by atoms with van der Waals surface area (Å²) in [5.41, 5.74) is 1.69. The van der Waals surface area contributed by atoms with Crippen molar-refractivity contribution in [1.82, 2.24) is 9.88 Å². The first-order valence-corrected chi connectivity index (χ1v) is 10.3. The Kier molecular flexibility index (Phi) is 5.59. The second-order valence-corrected chi connectivity index (χ2v) is 8.20. The zero-order valence-electron chi connectivity index (χ0n) is 16.2. The van der Waals surface area contributed by atoms with Gasteiger partial charge >= 0.3 is 0 Å². The molecular weight excluding hydrogens is 372 g/mol. The van der Waals surface area contributed by atoms with Crippen molar-refractivity contribution in [3.8, 4) is 11.5 Å². The number of rotatable bonds is 6. The maximum Gasteiger partial charge on any atom is 0.170 e. The lowest BCUT2D eigenvalue weighted by Crippen LogP contribution is -2.38. The molecule has 1 aliphatic heterocycles. The highest BCUT2D eigenvalue weighted by Crippen LogP contribution is 2.30. The molecule has 3 aromatic rings. The highest BCUT2D eigenvalue weighted by molar-refractivity contribution is 7.18. The molecule has 1 aliphatic rings. The van der Waals surface area contributed by atoms with E-state index in [4.69, 9.17) is 14.5 Å². The number of nitrogens with zero attached hydrogens (tertiary/aromatic N) is 2. The minimum atomic E-state index is -0.0228. The maximum absolute atomic E-state index is 13.2. The van der Waals surface area contributed by atoms with E-state index in [1.54, 1.807) is 31.6 Å². The topological polar surface area (TPSA) is 51.7 Å². The molecule has 4 rings (SSSR count). The largest absolute Gasteiger partial charge is 0.497 e. The highest BCUT2D eigenvalue weighted by Gasteiger charge is 2.29. The number of thiazole rings is 1. The summed E-state index contributed by atoms with van der Waals surface area (Å²) >= 11 is 1.74. The zero-order chi connectivity index (χ0) is 19.5. The predicted molar refractivity (Wildman–Crippen MR) is 111 cm³/mol. The number of carbonyl (C=O) groups excluding carboxylic acids is 1. The second kappa shape index (κ2) is 8.29. The SMILES string of the molecule is COc1ccc(C(=O)[C@H]2CCCN(Cc3nc4ccccc4s3)C2)c(OC)c1. The van der Waals surface area contributed by atoms with Crippen LogP contribution in [0.25, 0.3) is 10.2 Å². The molecule has 146 valence electrons. The minimum absolute atomic E-state index is 0.0228. The third-order valence-electron chi connectivity index (χ3n) is 5.25. The van der Waals surface area contributed by atoms with Crippen molar-refractivity contribution in [2.45, 2.75) is 19.4 Å². The molecule has 1 saturated heterocycles. The molecular formula is C22H24N2O3S. The summed E-state index contributed by atoms with van der Waals surface area (Å²) in [6.07, 6.45) is 1.92. The smallest absolute Gasteiger partial charge is 0.170 e. The van der Waals surface area contributed by atoms with Crippen molar-refractivity contribution < 1.29 is 14.3 Å². The van der Waals surface area contributed by atoms with Crippen molar-refractivity contribution in [2.75, 3.05) is 27.3 Å². The summed E-state index contributed by atoms with van der Waals surface area (Å²) in [6, 6.07) is 13.6. The summed E-state index contributed by atoms with van der Waals surface area (Å²) in [7, 11) is 3.20. The van der Waals surface area contributed by atoms with Gasteiger partial charge in [-0.25, -0.2) is 4.98 Å². The number of methoxy groups -OCH3 is 2. The lowest BCUT2D eigenvalue weighted by Gasteiger charge is -2.31. The fourth-order valence-corrected chi connectivity index (χ4v) is 4.82. The fraction of sp³-hybridized carbons (Fsp3) is 0.364. The van der Waals surface area contributed by atoms with Crippen molar-refractivity contribution >= 4 is 27.3 Å². The van der Waals surface area contributed by atoms with Crippen LogP contribution in [0.5, 0.6) is 11.5 Å². The number of ether oxygens (including phenoxy) is 2. The lowest BCUT2D eigenvalue weighted by molar-refractivity contribution is 0.0808. The van der Waals surface area contributed by atoms with Gasteiger partial charge in [0.1, 0.15) is 16.5 Å². The molecule has 1 aromatic heterocycles. The number of likely N-dealkylation sites (tertiary alicyclic amines) is 1. The van der Waals surface area contributed by atoms with Gasteiger partial charge in [0.15, 0.2) is 5.78 Å². The second-order valence-electron chi connectivity index (χ2n) is 7.08. The molecule has 0 unspecified atom stereocenters. The summed E-state index contributed by atoms with van der Waals surface area (Å²) in [5, 5.41) is 1.11. The Labute approximate surface area is 168 Å². The molecule has 1 atom stereocenters. The normalized spacial score (nSPS) is 17.6. The molecule has 0 saturated carbocycles. The van der Waals surface area contributed by atoms with Gasteiger partial charge < -0.3 is 9.47 Å². The van der Waals surface area contributed by atoms with Crippen LogP contribution >= 0.6 is 11.3 Å². The number of fused-ring (bicyclic) bond motifs is 1. The van der Waals surface area contributed by atoms with Crippen LogP contribution in [0.3, 0.4) is 0 Å². The van der Waals surface area contributed by atoms with Crippen molar-refractivity contribution in [3.05, 3.63) is 53.0 Å². The quantitative estimate of drug-likeness (QED) is 0.578. The Morgan fingerprint density at radius 3 is 2.86 bits per heavy atom. The Balaban J connectivity index is 1.48. The molecule has 5 nitrogen and oxygen atoms in total. The van der Waals surface area contributed by atoms with E-state index in [0.29, 0.717) is 17.1 Å². The number of piperidine rings is 1. The highest BCUT2D eigenvalue weighted by atomic mass is 32.1. The lowest BCUT2D eigenvalue weighted by atomic mass is 9.89. The molecule has 0 aliphatic carbocycles. The molecule has 1 fully saturated rings. The van der Waals surface area contributed by atoms with Gasteiger partial charge in [0.2, 0.25) is 0 Å². The van der Waals surface area contributed by atoms with Crippen LogP contribution in [0, 0.1) is 5.92 Å². The first kappa shape index (κ1) is 18.9. The number of carbonyl (C=O) groups is 1.